The van der Waals surface area contributed by atoms with Crippen molar-refractivity contribution in [2.24, 2.45) is 0 Å². The molecular formula is C12H19NO3S2. The molecule has 1 aliphatic rings. The van der Waals surface area contributed by atoms with E-state index in [0.29, 0.717) is 9.77 Å². The number of aliphatic hydroxyl groups excluding tert-OH is 1. The summed E-state index contributed by atoms with van der Waals surface area (Å²) < 4.78 is 26.8. The van der Waals surface area contributed by atoms with Crippen LogP contribution in [0.15, 0.2) is 16.3 Å². The van der Waals surface area contributed by atoms with Gasteiger partial charge in [-0.15, -0.1) is 11.3 Å². The van der Waals surface area contributed by atoms with E-state index >= 15 is 0 Å². The molecule has 2 atom stereocenters. The van der Waals surface area contributed by atoms with Gasteiger partial charge in [-0.25, -0.2) is 8.42 Å². The van der Waals surface area contributed by atoms with E-state index in [2.05, 4.69) is 0 Å². The summed E-state index contributed by atoms with van der Waals surface area (Å²) in [5.41, 5.74) is 0. The molecule has 18 heavy (non-hydrogen) atoms. The summed E-state index contributed by atoms with van der Waals surface area (Å²) in [5, 5.41) is 10.7. The number of thiophene rings is 1. The van der Waals surface area contributed by atoms with Crippen LogP contribution in [0.5, 0.6) is 0 Å². The average molecular weight is 289 g/mol. The fraction of sp³-hybridized carbons (Fsp3) is 0.667. The van der Waals surface area contributed by atoms with Crippen molar-refractivity contribution in [3.05, 3.63) is 16.3 Å². The van der Waals surface area contributed by atoms with Crippen LogP contribution >= 0.6 is 11.3 Å². The zero-order valence-corrected chi connectivity index (χ0v) is 12.3. The maximum Gasteiger partial charge on any atom is 0.244 e. The highest BCUT2D eigenvalue weighted by molar-refractivity contribution is 7.89. The highest BCUT2D eigenvalue weighted by atomic mass is 32.2. The molecule has 6 heteroatoms. The van der Waals surface area contributed by atoms with Crippen molar-refractivity contribution < 1.29 is 13.5 Å². The summed E-state index contributed by atoms with van der Waals surface area (Å²) in [6, 6.07) is 1.68. The number of sulfonamides is 1. The molecule has 1 saturated heterocycles. The van der Waals surface area contributed by atoms with Gasteiger partial charge in [-0.05, 0) is 32.8 Å². The SMILES string of the molecule is CC1CCCC(C)N1S(=O)(=O)c1csc(CO)c1. The first-order valence-electron chi connectivity index (χ1n) is 6.18. The lowest BCUT2D eigenvalue weighted by Crippen LogP contribution is -2.47. The van der Waals surface area contributed by atoms with Crippen molar-refractivity contribution in [3.63, 3.8) is 0 Å². The van der Waals surface area contributed by atoms with E-state index in [-0.39, 0.29) is 18.7 Å². The summed E-state index contributed by atoms with van der Waals surface area (Å²) in [7, 11) is -3.42. The Bertz CT molecular complexity index is 499. The Morgan fingerprint density at radius 3 is 2.50 bits per heavy atom. The van der Waals surface area contributed by atoms with Gasteiger partial charge in [-0.2, -0.15) is 4.31 Å². The van der Waals surface area contributed by atoms with Crippen LogP contribution in [0.1, 0.15) is 38.0 Å². The van der Waals surface area contributed by atoms with E-state index in [1.165, 1.54) is 11.3 Å². The Labute approximate surface area is 112 Å². The number of hydrogen-bond donors (Lipinski definition) is 1. The summed E-state index contributed by atoms with van der Waals surface area (Å²) in [6.07, 6.45) is 2.92. The van der Waals surface area contributed by atoms with Gasteiger partial charge in [0.1, 0.15) is 0 Å². The van der Waals surface area contributed by atoms with Crippen LogP contribution < -0.4 is 0 Å². The lowest BCUT2D eigenvalue weighted by atomic mass is 10.0. The molecule has 1 aliphatic heterocycles. The monoisotopic (exact) mass is 289 g/mol. The topological polar surface area (TPSA) is 57.6 Å². The van der Waals surface area contributed by atoms with Gasteiger partial charge in [-0.1, -0.05) is 6.42 Å². The minimum absolute atomic E-state index is 0.0521. The molecule has 2 heterocycles. The van der Waals surface area contributed by atoms with Gasteiger partial charge in [0, 0.05) is 22.3 Å². The van der Waals surface area contributed by atoms with Gasteiger partial charge in [0.15, 0.2) is 0 Å². The quantitative estimate of drug-likeness (QED) is 0.928. The first-order valence-corrected chi connectivity index (χ1v) is 8.50. The van der Waals surface area contributed by atoms with Gasteiger partial charge in [0.05, 0.1) is 11.5 Å². The van der Waals surface area contributed by atoms with Crippen LogP contribution in [0.3, 0.4) is 0 Å². The Morgan fingerprint density at radius 1 is 1.39 bits per heavy atom. The minimum atomic E-state index is -3.42. The van der Waals surface area contributed by atoms with Gasteiger partial charge in [0.2, 0.25) is 10.0 Å². The Morgan fingerprint density at radius 2 is 2.00 bits per heavy atom. The molecule has 0 bridgehead atoms. The Hall–Kier alpha value is -0.430. The normalized spacial score (nSPS) is 26.4. The maximum absolute atomic E-state index is 12.6. The van der Waals surface area contributed by atoms with Gasteiger partial charge in [0.25, 0.3) is 0 Å². The second-order valence-corrected chi connectivity index (χ2v) is 7.71. The maximum atomic E-state index is 12.6. The Balaban J connectivity index is 2.34. The van der Waals surface area contributed by atoms with Crippen LogP contribution in [-0.4, -0.2) is 29.9 Å². The molecule has 0 aromatic carbocycles. The number of hydrogen-bond acceptors (Lipinski definition) is 4. The molecule has 0 amide bonds. The van der Waals surface area contributed by atoms with Gasteiger partial charge in [-0.3, -0.25) is 0 Å². The molecule has 102 valence electrons. The smallest absolute Gasteiger partial charge is 0.244 e. The molecular weight excluding hydrogens is 270 g/mol. The zero-order valence-electron chi connectivity index (χ0n) is 10.7. The summed E-state index contributed by atoms with van der Waals surface area (Å²) in [4.78, 5) is 1.00. The first kappa shape index (κ1) is 14.0. The number of nitrogens with zero attached hydrogens (tertiary/aromatic N) is 1. The van der Waals surface area contributed by atoms with E-state index in [0.717, 1.165) is 19.3 Å². The zero-order chi connectivity index (χ0) is 13.3. The Kier molecular flexibility index (Phi) is 4.11. The predicted molar refractivity (Wildman–Crippen MR) is 72.0 cm³/mol. The van der Waals surface area contributed by atoms with E-state index in [9.17, 15) is 8.42 Å². The van der Waals surface area contributed by atoms with Crippen molar-refractivity contribution in [1.82, 2.24) is 4.31 Å². The van der Waals surface area contributed by atoms with Gasteiger partial charge < -0.3 is 5.11 Å². The molecule has 1 fully saturated rings. The van der Waals surface area contributed by atoms with E-state index in [4.69, 9.17) is 5.11 Å². The van der Waals surface area contributed by atoms with Crippen LogP contribution in [0.2, 0.25) is 0 Å². The van der Waals surface area contributed by atoms with Gasteiger partial charge >= 0.3 is 0 Å². The lowest BCUT2D eigenvalue weighted by molar-refractivity contribution is 0.204. The summed E-state index contributed by atoms with van der Waals surface area (Å²) in [6.45, 7) is 3.82. The standard InChI is InChI=1S/C12H19NO3S2/c1-9-4-3-5-10(2)13(9)18(15,16)12-6-11(7-14)17-8-12/h6,8-10,14H,3-5,7H2,1-2H3. The molecule has 1 aromatic heterocycles. The van der Waals surface area contributed by atoms with Crippen LogP contribution in [-0.2, 0) is 16.6 Å². The van der Waals surface area contributed by atoms with Crippen LogP contribution in [0.25, 0.3) is 0 Å². The highest BCUT2D eigenvalue weighted by Crippen LogP contribution is 2.31. The average Bonchev–Trinajstić information content (AvgIpc) is 2.77. The third-order valence-corrected chi connectivity index (χ3v) is 6.65. The summed E-state index contributed by atoms with van der Waals surface area (Å²) >= 11 is 1.29. The van der Waals surface area contributed by atoms with E-state index in [1.807, 2.05) is 13.8 Å². The number of piperidine rings is 1. The van der Waals surface area contributed by atoms with Crippen molar-refractivity contribution in [3.8, 4) is 0 Å². The number of aliphatic hydroxyl groups is 1. The molecule has 0 saturated carbocycles. The van der Waals surface area contributed by atoms with Crippen molar-refractivity contribution in [2.75, 3.05) is 0 Å². The lowest BCUT2D eigenvalue weighted by Gasteiger charge is -2.37. The minimum Gasteiger partial charge on any atom is -0.391 e. The molecule has 2 unspecified atom stereocenters. The fourth-order valence-electron chi connectivity index (χ4n) is 2.57. The molecule has 0 spiro atoms. The molecule has 4 nitrogen and oxygen atoms in total. The molecule has 0 aliphatic carbocycles. The van der Waals surface area contributed by atoms with E-state index in [1.54, 1.807) is 15.8 Å². The third-order valence-electron chi connectivity index (χ3n) is 3.47. The molecule has 2 rings (SSSR count). The van der Waals surface area contributed by atoms with Crippen LogP contribution in [0.4, 0.5) is 0 Å². The van der Waals surface area contributed by atoms with Crippen molar-refractivity contribution in [1.29, 1.82) is 0 Å². The summed E-state index contributed by atoms with van der Waals surface area (Å²) in [5.74, 6) is 0. The van der Waals surface area contributed by atoms with Crippen molar-refractivity contribution >= 4 is 21.4 Å². The fourth-order valence-corrected chi connectivity index (χ4v) is 5.58. The molecule has 0 radical (unpaired) electrons. The second-order valence-electron chi connectivity index (χ2n) is 4.87. The first-order chi connectivity index (χ1) is 8.46. The second kappa shape index (κ2) is 5.28. The third kappa shape index (κ3) is 2.47. The molecule has 1 N–H and O–H groups in total. The number of rotatable bonds is 3. The largest absolute Gasteiger partial charge is 0.391 e. The van der Waals surface area contributed by atoms with E-state index < -0.39 is 10.0 Å². The predicted octanol–water partition coefficient (Wildman–Crippen LogP) is 2.19. The van der Waals surface area contributed by atoms with Crippen molar-refractivity contribution in [2.45, 2.75) is 56.7 Å². The highest BCUT2D eigenvalue weighted by Gasteiger charge is 2.35. The van der Waals surface area contributed by atoms with Crippen LogP contribution in [0, 0.1) is 0 Å². The molecule has 1 aromatic rings.